The van der Waals surface area contributed by atoms with Crippen molar-refractivity contribution in [3.8, 4) is 11.4 Å². The quantitative estimate of drug-likeness (QED) is 0.546. The zero-order valence-corrected chi connectivity index (χ0v) is 22.4. The first-order valence-corrected chi connectivity index (χ1v) is 13.1. The maximum absolute atomic E-state index is 13.6. The molecule has 1 amide bonds. The average Bonchev–Trinajstić information content (AvgIpc) is 3.38. The second-order valence-corrected chi connectivity index (χ2v) is 12.2. The Morgan fingerprint density at radius 3 is 2.32 bits per heavy atom. The molecule has 0 radical (unpaired) electrons. The number of rotatable bonds is 5. The van der Waals surface area contributed by atoms with Gasteiger partial charge in [0.15, 0.2) is 0 Å². The van der Waals surface area contributed by atoms with Crippen LogP contribution in [0.5, 0.6) is 0 Å². The Morgan fingerprint density at radius 1 is 1.15 bits per heavy atom. The second-order valence-electron chi connectivity index (χ2n) is 11.9. The lowest BCUT2D eigenvalue weighted by molar-refractivity contribution is 0.0283. The Bertz CT molecular complexity index is 1000. The molecule has 0 bridgehead atoms. The largest absolute Gasteiger partial charge is 0.360 e. The van der Waals surface area contributed by atoms with E-state index in [1.165, 1.54) is 38.9 Å². The molecular weight excluding hydrogens is 450 g/mol. The zero-order valence-electron chi connectivity index (χ0n) is 21.7. The van der Waals surface area contributed by atoms with Gasteiger partial charge in [-0.2, -0.15) is 5.10 Å². The lowest BCUT2D eigenvalue weighted by Crippen LogP contribution is -2.48. The molecule has 4 heterocycles. The molecule has 2 aromatic rings. The molecule has 2 aliphatic rings. The van der Waals surface area contributed by atoms with E-state index in [9.17, 15) is 4.79 Å². The number of piperidine rings is 2. The highest BCUT2D eigenvalue weighted by molar-refractivity contribution is 6.33. The maximum Gasteiger partial charge on any atom is 0.259 e. The Kier molecular flexibility index (Phi) is 7.16. The van der Waals surface area contributed by atoms with E-state index < -0.39 is 0 Å². The molecule has 2 aromatic heterocycles. The lowest BCUT2D eigenvalue weighted by Gasteiger charge is -2.47. The molecule has 0 atom stereocenters. The van der Waals surface area contributed by atoms with Crippen LogP contribution in [-0.4, -0.2) is 63.4 Å². The Labute approximate surface area is 208 Å². The van der Waals surface area contributed by atoms with E-state index in [1.54, 1.807) is 11.7 Å². The lowest BCUT2D eigenvalue weighted by atomic mass is 9.71. The van der Waals surface area contributed by atoms with Crippen molar-refractivity contribution in [2.45, 2.75) is 72.6 Å². The number of carbonyl (C=O) groups is 1. The van der Waals surface area contributed by atoms with Crippen molar-refractivity contribution in [1.82, 2.24) is 24.7 Å². The smallest absolute Gasteiger partial charge is 0.259 e. The molecule has 1 spiro atoms. The standard InChI is InChI=1S/C26H40ClN5O2/c1-18(2)20-17-19(29-34-20)22-21(23(27)30(6)28-22)24(33)32-15-10-26(11-16-32)8-13-31(14-9-26)12-7-25(3,4)5/h17-18H,7-16H2,1-6H3. The van der Waals surface area contributed by atoms with E-state index in [0.29, 0.717) is 32.9 Å². The van der Waals surface area contributed by atoms with Gasteiger partial charge < -0.3 is 14.3 Å². The third-order valence-corrected chi connectivity index (χ3v) is 8.17. The molecular formula is C26H40ClN5O2. The van der Waals surface area contributed by atoms with Crippen molar-refractivity contribution in [2.24, 2.45) is 17.9 Å². The topological polar surface area (TPSA) is 67.4 Å². The van der Waals surface area contributed by atoms with Crippen LogP contribution in [0.15, 0.2) is 10.6 Å². The van der Waals surface area contributed by atoms with E-state index >= 15 is 0 Å². The predicted octanol–water partition coefficient (Wildman–Crippen LogP) is 5.61. The van der Waals surface area contributed by atoms with E-state index in [2.05, 4.69) is 35.9 Å². The van der Waals surface area contributed by atoms with Gasteiger partial charge >= 0.3 is 0 Å². The van der Waals surface area contributed by atoms with Crippen LogP contribution in [0.2, 0.25) is 5.15 Å². The SMILES string of the molecule is CC(C)c1cc(-c2nn(C)c(Cl)c2C(=O)N2CCC3(CCN(CCC(C)(C)C)CC3)CC2)no1. The highest BCUT2D eigenvalue weighted by atomic mass is 35.5. The summed E-state index contributed by atoms with van der Waals surface area (Å²) in [5, 5.41) is 9.02. The number of nitrogens with zero attached hydrogens (tertiary/aromatic N) is 5. The van der Waals surface area contributed by atoms with Gasteiger partial charge in [-0.25, -0.2) is 0 Å². The summed E-state index contributed by atoms with van der Waals surface area (Å²) in [6, 6.07) is 1.86. The molecule has 2 aliphatic heterocycles. The minimum Gasteiger partial charge on any atom is -0.360 e. The van der Waals surface area contributed by atoms with Gasteiger partial charge in [0, 0.05) is 32.1 Å². The van der Waals surface area contributed by atoms with E-state index in [4.69, 9.17) is 16.1 Å². The fraction of sp³-hybridized carbons (Fsp3) is 0.731. The number of halogens is 1. The van der Waals surface area contributed by atoms with Crippen LogP contribution in [0.4, 0.5) is 0 Å². The summed E-state index contributed by atoms with van der Waals surface area (Å²) >= 11 is 6.56. The molecule has 188 valence electrons. The van der Waals surface area contributed by atoms with Gasteiger partial charge in [-0.15, -0.1) is 0 Å². The highest BCUT2D eigenvalue weighted by Gasteiger charge is 2.40. The normalized spacial score (nSPS) is 19.4. The summed E-state index contributed by atoms with van der Waals surface area (Å²) in [5.74, 6) is 0.918. The number of hydrogen-bond donors (Lipinski definition) is 0. The summed E-state index contributed by atoms with van der Waals surface area (Å²) in [6.45, 7) is 16.1. The van der Waals surface area contributed by atoms with E-state index in [0.717, 1.165) is 31.7 Å². The highest BCUT2D eigenvalue weighted by Crippen LogP contribution is 2.42. The summed E-state index contributed by atoms with van der Waals surface area (Å²) in [6.07, 6.45) is 5.81. The molecule has 34 heavy (non-hydrogen) atoms. The average molecular weight is 490 g/mol. The Morgan fingerprint density at radius 2 is 1.76 bits per heavy atom. The van der Waals surface area contributed by atoms with Crippen molar-refractivity contribution in [3.05, 3.63) is 22.5 Å². The van der Waals surface area contributed by atoms with Crippen molar-refractivity contribution >= 4 is 17.5 Å². The van der Waals surface area contributed by atoms with Crippen LogP contribution in [0, 0.1) is 10.8 Å². The molecule has 8 heteroatoms. The molecule has 0 aliphatic carbocycles. The fourth-order valence-electron chi connectivity index (χ4n) is 5.13. The first-order valence-electron chi connectivity index (χ1n) is 12.7. The number of likely N-dealkylation sites (tertiary alicyclic amines) is 2. The minimum atomic E-state index is -0.0559. The summed E-state index contributed by atoms with van der Waals surface area (Å²) in [5.41, 5.74) is 2.25. The van der Waals surface area contributed by atoms with Crippen molar-refractivity contribution in [3.63, 3.8) is 0 Å². The van der Waals surface area contributed by atoms with Crippen LogP contribution >= 0.6 is 11.6 Å². The first-order chi connectivity index (χ1) is 16.0. The van der Waals surface area contributed by atoms with Crippen LogP contribution < -0.4 is 0 Å². The van der Waals surface area contributed by atoms with Crippen LogP contribution in [0.25, 0.3) is 11.4 Å². The van der Waals surface area contributed by atoms with Crippen molar-refractivity contribution in [1.29, 1.82) is 0 Å². The first kappa shape index (κ1) is 25.2. The molecule has 4 rings (SSSR count). The zero-order chi connectivity index (χ0) is 24.7. The molecule has 0 N–H and O–H groups in total. The van der Waals surface area contributed by atoms with Gasteiger partial charge in [0.1, 0.15) is 27.9 Å². The van der Waals surface area contributed by atoms with Gasteiger partial charge in [-0.3, -0.25) is 9.48 Å². The molecule has 7 nitrogen and oxygen atoms in total. The molecule has 2 saturated heterocycles. The molecule has 2 fully saturated rings. The molecule has 0 unspecified atom stereocenters. The molecule has 0 aromatic carbocycles. The minimum absolute atomic E-state index is 0.0559. The van der Waals surface area contributed by atoms with Crippen LogP contribution in [-0.2, 0) is 7.05 Å². The number of aryl methyl sites for hydroxylation is 1. The van der Waals surface area contributed by atoms with Gasteiger partial charge in [0.25, 0.3) is 5.91 Å². The van der Waals surface area contributed by atoms with Gasteiger partial charge in [0.2, 0.25) is 0 Å². The Balaban J connectivity index is 1.41. The fourth-order valence-corrected chi connectivity index (χ4v) is 5.34. The van der Waals surface area contributed by atoms with Crippen molar-refractivity contribution < 1.29 is 9.32 Å². The van der Waals surface area contributed by atoms with Gasteiger partial charge in [-0.1, -0.05) is 51.4 Å². The number of amides is 1. The second kappa shape index (κ2) is 9.65. The van der Waals surface area contributed by atoms with Gasteiger partial charge in [0.05, 0.1) is 0 Å². The summed E-state index contributed by atoms with van der Waals surface area (Å²) < 4.78 is 7.01. The molecule has 0 saturated carbocycles. The maximum atomic E-state index is 13.6. The van der Waals surface area contributed by atoms with Gasteiger partial charge in [-0.05, 0) is 62.6 Å². The predicted molar refractivity (Wildman–Crippen MR) is 135 cm³/mol. The Hall–Kier alpha value is -1.86. The third kappa shape index (κ3) is 5.35. The van der Waals surface area contributed by atoms with Crippen LogP contribution in [0.3, 0.4) is 0 Å². The van der Waals surface area contributed by atoms with E-state index in [1.807, 2.05) is 24.8 Å². The number of aromatic nitrogens is 3. The summed E-state index contributed by atoms with van der Waals surface area (Å²) in [7, 11) is 1.75. The third-order valence-electron chi connectivity index (χ3n) is 7.74. The number of carbonyl (C=O) groups excluding carboxylic acids is 1. The van der Waals surface area contributed by atoms with Crippen LogP contribution in [0.1, 0.15) is 88.8 Å². The number of hydrogen-bond acceptors (Lipinski definition) is 5. The van der Waals surface area contributed by atoms with E-state index in [-0.39, 0.29) is 11.8 Å². The van der Waals surface area contributed by atoms with Crippen molar-refractivity contribution in [2.75, 3.05) is 32.7 Å². The monoisotopic (exact) mass is 489 g/mol. The summed E-state index contributed by atoms with van der Waals surface area (Å²) in [4.78, 5) is 18.2.